The Labute approximate surface area is 237 Å². The number of hydrogen-bond acceptors (Lipinski definition) is 9. The molecule has 0 spiro atoms. The second-order valence-electron chi connectivity index (χ2n) is 9.11. The summed E-state index contributed by atoms with van der Waals surface area (Å²) in [6, 6.07) is 18.1. The van der Waals surface area contributed by atoms with E-state index in [4.69, 9.17) is 9.84 Å². The number of carbonyl (C=O) groups is 2. The number of thiophene rings is 2. The Morgan fingerprint density at radius 1 is 1.05 bits per heavy atom. The molecule has 10 nitrogen and oxygen atoms in total. The van der Waals surface area contributed by atoms with Crippen molar-refractivity contribution in [3.05, 3.63) is 71.8 Å². The quantitative estimate of drug-likeness (QED) is 0.230. The standard InChI is InChI=1S/C27H24N4O6S3/c1-15(16-7-5-4-6-8-16)37-27(34)28-26-25(29-30-31(26)2)22-14-21-20(39-22)13-19(38-21)17-9-10-18(12-24(32)33)23(11-17)40(3,35)36/h4-11,13-15H,12H2,1-3H3,(H,28,34)(H,32,33)/t15-/m1/s1. The largest absolute Gasteiger partial charge is 0.481 e. The van der Waals surface area contributed by atoms with Crippen LogP contribution in [0.15, 0.2) is 65.6 Å². The minimum Gasteiger partial charge on any atom is -0.481 e. The minimum absolute atomic E-state index is 0.00795. The molecule has 13 heteroatoms. The SMILES string of the molecule is C[C@@H](OC(=O)Nc1c(-c2cc3sc(-c4ccc(CC(=O)O)c(S(C)(=O)=O)c4)cc3s2)nnn1C)c1ccccc1. The topological polar surface area (TPSA) is 140 Å². The lowest BCUT2D eigenvalue weighted by Crippen LogP contribution is -2.18. The van der Waals surface area contributed by atoms with Crippen LogP contribution in [-0.2, 0) is 32.8 Å². The molecule has 0 saturated heterocycles. The van der Waals surface area contributed by atoms with E-state index in [-0.39, 0.29) is 16.9 Å². The normalized spacial score (nSPS) is 12.4. The van der Waals surface area contributed by atoms with Crippen molar-refractivity contribution in [2.45, 2.75) is 24.3 Å². The highest BCUT2D eigenvalue weighted by Crippen LogP contribution is 2.43. The third-order valence-corrected chi connectivity index (χ3v) is 9.66. The Balaban J connectivity index is 1.39. The fourth-order valence-corrected chi connectivity index (χ4v) is 7.53. The monoisotopic (exact) mass is 596 g/mol. The molecule has 0 aliphatic carbocycles. The van der Waals surface area contributed by atoms with Gasteiger partial charge in [-0.1, -0.05) is 47.7 Å². The van der Waals surface area contributed by atoms with Gasteiger partial charge in [-0.05, 0) is 41.8 Å². The summed E-state index contributed by atoms with van der Waals surface area (Å²) in [7, 11) is -1.95. The molecule has 0 unspecified atom stereocenters. The van der Waals surface area contributed by atoms with Gasteiger partial charge in [0.15, 0.2) is 15.7 Å². The lowest BCUT2D eigenvalue weighted by molar-refractivity contribution is -0.136. The summed E-state index contributed by atoms with van der Waals surface area (Å²) in [5.41, 5.74) is 2.30. The molecule has 0 aliphatic heterocycles. The van der Waals surface area contributed by atoms with Gasteiger partial charge in [0.05, 0.1) is 16.2 Å². The number of carboxylic acids is 1. The zero-order chi connectivity index (χ0) is 28.6. The van der Waals surface area contributed by atoms with Crippen molar-refractivity contribution in [3.8, 4) is 21.0 Å². The predicted molar refractivity (Wildman–Crippen MR) is 155 cm³/mol. The maximum atomic E-state index is 12.7. The first-order chi connectivity index (χ1) is 19.0. The number of carboxylic acid groups (broad SMARTS) is 1. The summed E-state index contributed by atoms with van der Waals surface area (Å²) in [6.07, 6.45) is -0.380. The molecule has 0 saturated carbocycles. The Morgan fingerprint density at radius 2 is 1.73 bits per heavy atom. The molecule has 0 bridgehead atoms. The number of aliphatic carboxylic acids is 1. The van der Waals surface area contributed by atoms with Gasteiger partial charge >= 0.3 is 12.1 Å². The molecule has 3 aromatic heterocycles. The smallest absolute Gasteiger partial charge is 0.413 e. The average molecular weight is 597 g/mol. The van der Waals surface area contributed by atoms with Crippen molar-refractivity contribution >= 4 is 59.8 Å². The van der Waals surface area contributed by atoms with E-state index in [1.807, 2.05) is 42.5 Å². The van der Waals surface area contributed by atoms with Crippen LogP contribution in [0.25, 0.3) is 30.4 Å². The van der Waals surface area contributed by atoms with Gasteiger partial charge in [-0.3, -0.25) is 10.1 Å². The van der Waals surface area contributed by atoms with Gasteiger partial charge in [-0.25, -0.2) is 17.9 Å². The zero-order valence-electron chi connectivity index (χ0n) is 21.6. The van der Waals surface area contributed by atoms with E-state index < -0.39 is 28.0 Å². The van der Waals surface area contributed by atoms with E-state index in [1.54, 1.807) is 26.1 Å². The first kappa shape index (κ1) is 27.5. The van der Waals surface area contributed by atoms with Crippen molar-refractivity contribution in [3.63, 3.8) is 0 Å². The number of nitrogens with zero attached hydrogens (tertiary/aromatic N) is 3. The molecular weight excluding hydrogens is 573 g/mol. The Kier molecular flexibility index (Phi) is 7.45. The number of benzene rings is 2. The number of nitrogens with one attached hydrogen (secondary N) is 1. The Morgan fingerprint density at radius 3 is 2.40 bits per heavy atom. The van der Waals surface area contributed by atoms with Crippen molar-refractivity contribution < 1.29 is 27.9 Å². The van der Waals surface area contributed by atoms with E-state index in [9.17, 15) is 18.0 Å². The van der Waals surface area contributed by atoms with E-state index in [0.29, 0.717) is 17.1 Å². The first-order valence-electron chi connectivity index (χ1n) is 12.0. The molecule has 5 aromatic rings. The molecular formula is C27H24N4O6S3. The number of ether oxygens (including phenoxy) is 1. The second kappa shape index (κ2) is 10.8. The molecule has 1 atom stereocenters. The lowest BCUT2D eigenvalue weighted by atomic mass is 10.1. The van der Waals surface area contributed by atoms with Crippen molar-refractivity contribution in [2.24, 2.45) is 7.05 Å². The summed E-state index contributed by atoms with van der Waals surface area (Å²) < 4.78 is 33.6. The molecule has 206 valence electrons. The highest BCUT2D eigenvalue weighted by atomic mass is 32.2. The van der Waals surface area contributed by atoms with Crippen LogP contribution in [0, 0.1) is 0 Å². The van der Waals surface area contributed by atoms with Crippen LogP contribution in [0.1, 0.15) is 24.2 Å². The predicted octanol–water partition coefficient (Wildman–Crippen LogP) is 5.77. The number of aromatic nitrogens is 3. The van der Waals surface area contributed by atoms with Gasteiger partial charge < -0.3 is 9.84 Å². The molecule has 1 amide bonds. The highest BCUT2D eigenvalue weighted by molar-refractivity contribution is 7.90. The van der Waals surface area contributed by atoms with Gasteiger partial charge in [0.1, 0.15) is 11.8 Å². The van der Waals surface area contributed by atoms with Crippen molar-refractivity contribution in [1.82, 2.24) is 15.0 Å². The van der Waals surface area contributed by atoms with Crippen LogP contribution in [0.2, 0.25) is 0 Å². The maximum absolute atomic E-state index is 12.7. The third-order valence-electron chi connectivity index (χ3n) is 6.13. The van der Waals surface area contributed by atoms with Gasteiger partial charge in [-0.2, -0.15) is 0 Å². The van der Waals surface area contributed by atoms with Crippen LogP contribution in [0.3, 0.4) is 0 Å². The van der Waals surface area contributed by atoms with Crippen LogP contribution >= 0.6 is 22.7 Å². The summed E-state index contributed by atoms with van der Waals surface area (Å²) in [6.45, 7) is 1.79. The maximum Gasteiger partial charge on any atom is 0.413 e. The number of sulfone groups is 1. The molecule has 0 radical (unpaired) electrons. The number of rotatable bonds is 8. The molecule has 40 heavy (non-hydrogen) atoms. The number of carbonyl (C=O) groups excluding carboxylic acids is 1. The zero-order valence-corrected chi connectivity index (χ0v) is 24.1. The Bertz CT molecular complexity index is 1810. The van der Waals surface area contributed by atoms with E-state index >= 15 is 0 Å². The second-order valence-corrected chi connectivity index (χ2v) is 13.3. The van der Waals surface area contributed by atoms with Crippen LogP contribution in [0.4, 0.5) is 10.6 Å². The molecule has 5 rings (SSSR count). The van der Waals surface area contributed by atoms with Gasteiger partial charge in [0.2, 0.25) is 0 Å². The molecule has 2 aromatic carbocycles. The lowest BCUT2D eigenvalue weighted by Gasteiger charge is -2.14. The third kappa shape index (κ3) is 5.76. The summed E-state index contributed by atoms with van der Waals surface area (Å²) in [5.74, 6) is -0.704. The Hall–Kier alpha value is -4.07. The number of hydrogen-bond donors (Lipinski definition) is 2. The number of anilines is 1. The fourth-order valence-electron chi connectivity index (χ4n) is 4.20. The number of amides is 1. The molecule has 3 heterocycles. The van der Waals surface area contributed by atoms with Crippen LogP contribution in [0.5, 0.6) is 0 Å². The first-order valence-corrected chi connectivity index (χ1v) is 15.5. The summed E-state index contributed by atoms with van der Waals surface area (Å²) in [4.78, 5) is 25.5. The summed E-state index contributed by atoms with van der Waals surface area (Å²) in [5, 5.41) is 20.2. The number of aryl methyl sites for hydroxylation is 1. The van der Waals surface area contributed by atoms with E-state index in [2.05, 4.69) is 15.6 Å². The molecule has 2 N–H and O–H groups in total. The average Bonchev–Trinajstić information content (AvgIpc) is 3.57. The van der Waals surface area contributed by atoms with Crippen LogP contribution in [-0.4, -0.2) is 46.8 Å². The van der Waals surface area contributed by atoms with E-state index in [1.165, 1.54) is 33.4 Å². The van der Waals surface area contributed by atoms with Crippen molar-refractivity contribution in [2.75, 3.05) is 11.6 Å². The molecule has 0 fully saturated rings. The van der Waals surface area contributed by atoms with Crippen molar-refractivity contribution in [1.29, 1.82) is 0 Å². The fraction of sp³-hybridized carbons (Fsp3) is 0.185. The molecule has 0 aliphatic rings. The van der Waals surface area contributed by atoms with Gasteiger partial charge in [0, 0.05) is 27.6 Å². The summed E-state index contributed by atoms with van der Waals surface area (Å²) >= 11 is 2.93. The van der Waals surface area contributed by atoms with Gasteiger partial charge in [0.25, 0.3) is 0 Å². The number of fused-ring (bicyclic) bond motifs is 1. The van der Waals surface area contributed by atoms with E-state index in [0.717, 1.165) is 31.0 Å². The van der Waals surface area contributed by atoms with Gasteiger partial charge in [-0.15, -0.1) is 27.8 Å². The minimum atomic E-state index is -3.62. The highest BCUT2D eigenvalue weighted by Gasteiger charge is 2.22. The van der Waals surface area contributed by atoms with Crippen LogP contribution < -0.4 is 5.32 Å².